The van der Waals surface area contributed by atoms with E-state index in [9.17, 15) is 9.59 Å². The summed E-state index contributed by atoms with van der Waals surface area (Å²) in [5.41, 5.74) is 3.36. The van der Waals surface area contributed by atoms with Crippen LogP contribution in [-0.4, -0.2) is 38.7 Å². The highest BCUT2D eigenvalue weighted by atomic mass is 16.2. The molecule has 0 bridgehead atoms. The summed E-state index contributed by atoms with van der Waals surface area (Å²) in [5, 5.41) is 2.86. The lowest BCUT2D eigenvalue weighted by atomic mass is 10.00. The number of benzene rings is 1. The Morgan fingerprint density at radius 2 is 1.81 bits per heavy atom. The summed E-state index contributed by atoms with van der Waals surface area (Å²) in [7, 11) is 0. The number of aromatic nitrogens is 2. The molecule has 0 aliphatic carbocycles. The van der Waals surface area contributed by atoms with E-state index in [0.29, 0.717) is 18.6 Å². The molecule has 3 aromatic rings. The first-order chi connectivity index (χ1) is 13.0. The molecule has 6 heteroatoms. The zero-order chi connectivity index (χ0) is 19.0. The summed E-state index contributed by atoms with van der Waals surface area (Å²) < 4.78 is 1.71. The lowest BCUT2D eigenvalue weighted by Gasteiger charge is -2.28. The second-order valence-electron chi connectivity index (χ2n) is 7.11. The van der Waals surface area contributed by atoms with Gasteiger partial charge in [0.05, 0.1) is 5.52 Å². The first-order valence-electron chi connectivity index (χ1n) is 9.18. The maximum absolute atomic E-state index is 13.2. The minimum Gasteiger partial charge on any atom is -0.348 e. The molecule has 0 saturated carbocycles. The molecule has 4 rings (SSSR count). The van der Waals surface area contributed by atoms with Crippen LogP contribution in [0.3, 0.4) is 0 Å². The van der Waals surface area contributed by atoms with Gasteiger partial charge in [-0.1, -0.05) is 30.3 Å². The SMILES string of the molecule is CC(C)NC(=O)c1nc(C(=O)N2CCc3ccccc3C2)n2ccccc12. The van der Waals surface area contributed by atoms with Gasteiger partial charge in [-0.05, 0) is 43.5 Å². The minimum absolute atomic E-state index is 0.00397. The van der Waals surface area contributed by atoms with Gasteiger partial charge in [0, 0.05) is 25.3 Å². The smallest absolute Gasteiger partial charge is 0.290 e. The van der Waals surface area contributed by atoms with Crippen molar-refractivity contribution < 1.29 is 9.59 Å². The lowest BCUT2D eigenvalue weighted by molar-refractivity contribution is 0.0721. The fourth-order valence-electron chi connectivity index (χ4n) is 3.50. The third-order valence-corrected chi connectivity index (χ3v) is 4.79. The Labute approximate surface area is 157 Å². The average molecular weight is 362 g/mol. The van der Waals surface area contributed by atoms with Crippen molar-refractivity contribution in [1.82, 2.24) is 19.6 Å². The Morgan fingerprint density at radius 1 is 1.07 bits per heavy atom. The van der Waals surface area contributed by atoms with E-state index in [1.165, 1.54) is 5.56 Å². The molecule has 138 valence electrons. The fraction of sp³-hybridized carbons (Fsp3) is 0.286. The van der Waals surface area contributed by atoms with Crippen LogP contribution < -0.4 is 5.32 Å². The van der Waals surface area contributed by atoms with Gasteiger partial charge in [-0.2, -0.15) is 0 Å². The van der Waals surface area contributed by atoms with Gasteiger partial charge in [0.1, 0.15) is 0 Å². The van der Waals surface area contributed by atoms with E-state index in [4.69, 9.17) is 0 Å². The van der Waals surface area contributed by atoms with Gasteiger partial charge in [0.2, 0.25) is 5.82 Å². The van der Waals surface area contributed by atoms with Crippen LogP contribution in [0.2, 0.25) is 0 Å². The van der Waals surface area contributed by atoms with Gasteiger partial charge in [-0.15, -0.1) is 0 Å². The molecule has 1 aliphatic heterocycles. The molecule has 0 saturated heterocycles. The molecular weight excluding hydrogens is 340 g/mol. The number of rotatable bonds is 3. The predicted octanol–water partition coefficient (Wildman–Crippen LogP) is 2.67. The van der Waals surface area contributed by atoms with Crippen LogP contribution in [0.5, 0.6) is 0 Å². The van der Waals surface area contributed by atoms with Crippen LogP contribution in [0.1, 0.15) is 46.1 Å². The topological polar surface area (TPSA) is 66.7 Å². The third-order valence-electron chi connectivity index (χ3n) is 4.79. The Balaban J connectivity index is 1.70. The van der Waals surface area contributed by atoms with Crippen LogP contribution in [0.4, 0.5) is 0 Å². The predicted molar refractivity (Wildman–Crippen MR) is 103 cm³/mol. The average Bonchev–Trinajstić information content (AvgIpc) is 3.06. The van der Waals surface area contributed by atoms with Gasteiger partial charge in [-0.3, -0.25) is 14.0 Å². The Hall–Kier alpha value is -3.15. The second-order valence-corrected chi connectivity index (χ2v) is 7.11. The van der Waals surface area contributed by atoms with Crippen molar-refractivity contribution in [2.75, 3.05) is 6.54 Å². The maximum atomic E-state index is 13.2. The van der Waals surface area contributed by atoms with Crippen molar-refractivity contribution in [2.45, 2.75) is 32.9 Å². The molecular formula is C21H22N4O2. The van der Waals surface area contributed by atoms with E-state index in [0.717, 1.165) is 12.0 Å². The first kappa shape index (κ1) is 17.3. The highest BCUT2D eigenvalue weighted by molar-refractivity contribution is 6.02. The number of carbonyl (C=O) groups is 2. The molecule has 2 amide bonds. The number of hydrogen-bond donors (Lipinski definition) is 1. The summed E-state index contributed by atoms with van der Waals surface area (Å²) in [5.74, 6) is -0.148. The standard InChI is InChI=1S/C21H22N4O2/c1-14(2)22-20(26)18-17-9-5-6-11-25(17)19(23-18)21(27)24-12-10-15-7-3-4-8-16(15)13-24/h3-9,11,14H,10,12-13H2,1-2H3,(H,22,26). The molecule has 0 radical (unpaired) electrons. The summed E-state index contributed by atoms with van der Waals surface area (Å²) in [6.07, 6.45) is 2.60. The molecule has 27 heavy (non-hydrogen) atoms. The van der Waals surface area contributed by atoms with Crippen LogP contribution in [0.15, 0.2) is 48.7 Å². The number of fused-ring (bicyclic) bond motifs is 2. The molecule has 3 heterocycles. The van der Waals surface area contributed by atoms with Crippen LogP contribution in [0, 0.1) is 0 Å². The van der Waals surface area contributed by atoms with E-state index in [-0.39, 0.29) is 29.4 Å². The van der Waals surface area contributed by atoms with Crippen LogP contribution in [0.25, 0.3) is 5.52 Å². The summed E-state index contributed by atoms with van der Waals surface area (Å²) in [4.78, 5) is 32.0. The number of carbonyl (C=O) groups excluding carboxylic acids is 2. The molecule has 6 nitrogen and oxygen atoms in total. The molecule has 0 spiro atoms. The highest BCUT2D eigenvalue weighted by Gasteiger charge is 2.27. The Morgan fingerprint density at radius 3 is 2.59 bits per heavy atom. The van der Waals surface area contributed by atoms with E-state index in [1.54, 1.807) is 15.5 Å². The quantitative estimate of drug-likeness (QED) is 0.779. The van der Waals surface area contributed by atoms with E-state index in [1.807, 2.05) is 44.2 Å². The monoisotopic (exact) mass is 362 g/mol. The van der Waals surface area contributed by atoms with Gasteiger partial charge >= 0.3 is 0 Å². The van der Waals surface area contributed by atoms with Crippen LogP contribution in [-0.2, 0) is 13.0 Å². The Bertz CT molecular complexity index is 1020. The molecule has 0 unspecified atom stereocenters. The van der Waals surface area contributed by atoms with Gasteiger partial charge in [0.25, 0.3) is 11.8 Å². The molecule has 0 atom stereocenters. The lowest BCUT2D eigenvalue weighted by Crippen LogP contribution is -2.37. The third kappa shape index (κ3) is 3.18. The largest absolute Gasteiger partial charge is 0.348 e. The molecule has 1 N–H and O–H groups in total. The zero-order valence-corrected chi connectivity index (χ0v) is 15.5. The number of nitrogens with one attached hydrogen (secondary N) is 1. The molecule has 1 aliphatic rings. The molecule has 0 fully saturated rings. The van der Waals surface area contributed by atoms with Crippen molar-refractivity contribution in [1.29, 1.82) is 0 Å². The van der Waals surface area contributed by atoms with Crippen molar-refractivity contribution in [3.8, 4) is 0 Å². The number of amides is 2. The normalized spacial score (nSPS) is 13.7. The first-order valence-corrected chi connectivity index (χ1v) is 9.18. The Kier molecular flexibility index (Phi) is 4.39. The number of pyridine rings is 1. The number of nitrogens with zero attached hydrogens (tertiary/aromatic N) is 3. The second kappa shape index (κ2) is 6.87. The van der Waals surface area contributed by atoms with Crippen molar-refractivity contribution in [3.05, 3.63) is 71.3 Å². The minimum atomic E-state index is -0.267. The molecule has 2 aromatic heterocycles. The van der Waals surface area contributed by atoms with Gasteiger partial charge in [-0.25, -0.2) is 4.98 Å². The van der Waals surface area contributed by atoms with Crippen LogP contribution >= 0.6 is 0 Å². The van der Waals surface area contributed by atoms with Crippen molar-refractivity contribution >= 4 is 17.3 Å². The number of hydrogen-bond acceptors (Lipinski definition) is 3. The number of imidazole rings is 1. The van der Waals surface area contributed by atoms with Gasteiger partial charge in [0.15, 0.2) is 5.69 Å². The van der Waals surface area contributed by atoms with Gasteiger partial charge < -0.3 is 10.2 Å². The van der Waals surface area contributed by atoms with E-state index in [2.05, 4.69) is 22.4 Å². The van der Waals surface area contributed by atoms with E-state index >= 15 is 0 Å². The summed E-state index contributed by atoms with van der Waals surface area (Å²) in [6.45, 7) is 5.00. The highest BCUT2D eigenvalue weighted by Crippen LogP contribution is 2.21. The molecule has 1 aromatic carbocycles. The summed E-state index contributed by atoms with van der Waals surface area (Å²) >= 11 is 0. The van der Waals surface area contributed by atoms with Crippen molar-refractivity contribution in [3.63, 3.8) is 0 Å². The van der Waals surface area contributed by atoms with E-state index < -0.39 is 0 Å². The zero-order valence-electron chi connectivity index (χ0n) is 15.5. The van der Waals surface area contributed by atoms with Crippen molar-refractivity contribution in [2.24, 2.45) is 0 Å². The fourth-order valence-corrected chi connectivity index (χ4v) is 3.50. The maximum Gasteiger partial charge on any atom is 0.290 e. The summed E-state index contributed by atoms with van der Waals surface area (Å²) in [6, 6.07) is 13.7.